The first kappa shape index (κ1) is 17.0. The zero-order valence-electron chi connectivity index (χ0n) is 14.2. The van der Waals surface area contributed by atoms with E-state index in [0.717, 1.165) is 18.6 Å². The van der Waals surface area contributed by atoms with Gasteiger partial charge in [-0.05, 0) is 24.5 Å². The zero-order valence-corrected chi connectivity index (χ0v) is 14.2. The topological polar surface area (TPSA) is 81.8 Å². The van der Waals surface area contributed by atoms with E-state index in [1.54, 1.807) is 6.20 Å². The molecule has 1 aromatic rings. The molecule has 3 rings (SSSR count). The summed E-state index contributed by atoms with van der Waals surface area (Å²) in [5, 5.41) is 3.37. The summed E-state index contributed by atoms with van der Waals surface area (Å²) in [6.45, 7) is 1.94. The maximum atomic E-state index is 6.05. The van der Waals surface area contributed by atoms with Gasteiger partial charge in [0.25, 0.3) is 0 Å². The number of hydrogen-bond acceptors (Lipinski definition) is 4. The second-order valence-corrected chi connectivity index (χ2v) is 6.64. The molecule has 0 amide bonds. The highest BCUT2D eigenvalue weighted by atomic mass is 16.5. The number of hydrogen-bond donors (Lipinski definition) is 2. The highest BCUT2D eigenvalue weighted by Crippen LogP contribution is 2.18. The van der Waals surface area contributed by atoms with Crippen LogP contribution in [-0.4, -0.2) is 36.3 Å². The number of rotatable bonds is 5. The van der Waals surface area contributed by atoms with Crippen molar-refractivity contribution < 1.29 is 9.47 Å². The summed E-state index contributed by atoms with van der Waals surface area (Å²) >= 11 is 0. The first-order valence-corrected chi connectivity index (χ1v) is 9.05. The summed E-state index contributed by atoms with van der Waals surface area (Å²) in [4.78, 5) is 8.73. The molecule has 1 saturated carbocycles. The van der Waals surface area contributed by atoms with E-state index in [0.29, 0.717) is 31.0 Å². The van der Waals surface area contributed by atoms with Crippen molar-refractivity contribution in [2.24, 2.45) is 10.7 Å². The van der Waals surface area contributed by atoms with Gasteiger partial charge in [-0.25, -0.2) is 9.98 Å². The van der Waals surface area contributed by atoms with Crippen molar-refractivity contribution in [3.8, 4) is 5.88 Å². The van der Waals surface area contributed by atoms with Crippen LogP contribution in [0.2, 0.25) is 0 Å². The standard InChI is InChI=1S/C18H28N4O2/c19-18(22-15-5-3-1-2-4-6-15)21-12-14-7-9-20-17(11-14)24-16-8-10-23-13-16/h7,9,11,15-16H,1-6,8,10,12-13H2,(H3,19,21,22). The number of pyridine rings is 1. The van der Waals surface area contributed by atoms with Crippen molar-refractivity contribution in [1.82, 2.24) is 10.3 Å². The van der Waals surface area contributed by atoms with Gasteiger partial charge in [0.05, 0.1) is 19.8 Å². The molecule has 0 bridgehead atoms. The molecule has 6 heteroatoms. The van der Waals surface area contributed by atoms with Crippen molar-refractivity contribution in [2.45, 2.75) is 63.6 Å². The van der Waals surface area contributed by atoms with Gasteiger partial charge in [0.15, 0.2) is 5.96 Å². The van der Waals surface area contributed by atoms with Crippen molar-refractivity contribution in [3.05, 3.63) is 23.9 Å². The summed E-state index contributed by atoms with van der Waals surface area (Å²) in [6, 6.07) is 4.34. The van der Waals surface area contributed by atoms with Crippen LogP contribution in [0, 0.1) is 0 Å². The monoisotopic (exact) mass is 332 g/mol. The maximum absolute atomic E-state index is 6.05. The predicted octanol–water partition coefficient (Wildman–Crippen LogP) is 2.38. The van der Waals surface area contributed by atoms with Gasteiger partial charge >= 0.3 is 0 Å². The van der Waals surface area contributed by atoms with E-state index in [-0.39, 0.29) is 6.10 Å². The predicted molar refractivity (Wildman–Crippen MR) is 94.0 cm³/mol. The number of nitrogens with zero attached hydrogens (tertiary/aromatic N) is 2. The molecule has 1 aliphatic carbocycles. The van der Waals surface area contributed by atoms with Gasteiger partial charge < -0.3 is 20.5 Å². The van der Waals surface area contributed by atoms with Crippen LogP contribution in [0.4, 0.5) is 0 Å². The molecule has 0 radical (unpaired) electrons. The zero-order chi connectivity index (χ0) is 16.6. The molecule has 2 heterocycles. The molecule has 2 aliphatic rings. The first-order chi connectivity index (χ1) is 11.8. The molecule has 132 valence electrons. The van der Waals surface area contributed by atoms with Crippen LogP contribution in [0.5, 0.6) is 5.88 Å². The van der Waals surface area contributed by atoms with E-state index in [1.807, 2.05) is 12.1 Å². The molecule has 1 aromatic heterocycles. The van der Waals surface area contributed by atoms with E-state index < -0.39 is 0 Å². The van der Waals surface area contributed by atoms with Gasteiger partial charge in [-0.1, -0.05) is 25.7 Å². The van der Waals surface area contributed by atoms with Gasteiger partial charge in [0.2, 0.25) is 5.88 Å². The van der Waals surface area contributed by atoms with E-state index in [1.165, 1.54) is 38.5 Å². The Kier molecular flexibility index (Phi) is 6.29. The molecular weight excluding hydrogens is 304 g/mol. The number of nitrogens with two attached hydrogens (primary N) is 1. The smallest absolute Gasteiger partial charge is 0.213 e. The molecule has 0 spiro atoms. The summed E-state index contributed by atoms with van der Waals surface area (Å²) in [7, 11) is 0. The first-order valence-electron chi connectivity index (χ1n) is 9.05. The van der Waals surface area contributed by atoms with Crippen LogP contribution in [-0.2, 0) is 11.3 Å². The largest absolute Gasteiger partial charge is 0.472 e. The van der Waals surface area contributed by atoms with Crippen LogP contribution in [0.1, 0.15) is 50.5 Å². The van der Waals surface area contributed by atoms with Crippen LogP contribution < -0.4 is 15.8 Å². The normalized spacial score (nSPS) is 23.0. The Morgan fingerprint density at radius 2 is 2.12 bits per heavy atom. The third kappa shape index (κ3) is 5.37. The average molecular weight is 332 g/mol. The van der Waals surface area contributed by atoms with E-state index >= 15 is 0 Å². The van der Waals surface area contributed by atoms with Gasteiger partial charge in [-0.15, -0.1) is 0 Å². The third-order valence-electron chi connectivity index (χ3n) is 4.61. The molecule has 1 atom stereocenters. The second kappa shape index (κ2) is 8.87. The lowest BCUT2D eigenvalue weighted by atomic mass is 10.1. The summed E-state index contributed by atoms with van der Waals surface area (Å²) in [5.41, 5.74) is 7.09. The molecule has 6 nitrogen and oxygen atoms in total. The fourth-order valence-corrected chi connectivity index (χ4v) is 3.24. The Morgan fingerprint density at radius 1 is 1.29 bits per heavy atom. The minimum absolute atomic E-state index is 0.109. The molecule has 1 unspecified atom stereocenters. The van der Waals surface area contributed by atoms with Gasteiger partial charge in [0, 0.05) is 24.7 Å². The summed E-state index contributed by atoms with van der Waals surface area (Å²) in [5.74, 6) is 1.17. The SMILES string of the molecule is NC(=NCc1ccnc(OC2CCOC2)c1)NC1CCCCCC1. The Morgan fingerprint density at radius 3 is 2.88 bits per heavy atom. The summed E-state index contributed by atoms with van der Waals surface area (Å²) in [6.07, 6.45) is 10.4. The molecule has 1 aliphatic heterocycles. The van der Waals surface area contributed by atoms with Crippen LogP contribution in [0.15, 0.2) is 23.3 Å². The number of nitrogens with one attached hydrogen (secondary N) is 1. The maximum Gasteiger partial charge on any atom is 0.213 e. The Labute approximate surface area is 143 Å². The third-order valence-corrected chi connectivity index (χ3v) is 4.61. The molecular formula is C18H28N4O2. The molecule has 0 aromatic carbocycles. The lowest BCUT2D eigenvalue weighted by Gasteiger charge is -2.16. The van der Waals surface area contributed by atoms with Crippen LogP contribution in [0.25, 0.3) is 0 Å². The van der Waals surface area contributed by atoms with Gasteiger partial charge in [-0.2, -0.15) is 0 Å². The van der Waals surface area contributed by atoms with Crippen LogP contribution >= 0.6 is 0 Å². The molecule has 2 fully saturated rings. The fraction of sp³-hybridized carbons (Fsp3) is 0.667. The lowest BCUT2D eigenvalue weighted by molar-refractivity contribution is 0.138. The summed E-state index contributed by atoms with van der Waals surface area (Å²) < 4.78 is 11.1. The molecule has 3 N–H and O–H groups in total. The number of aromatic nitrogens is 1. The van der Waals surface area contributed by atoms with E-state index in [2.05, 4.69) is 15.3 Å². The molecule has 1 saturated heterocycles. The number of aliphatic imine (C=N–C) groups is 1. The van der Waals surface area contributed by atoms with Gasteiger partial charge in [0.1, 0.15) is 6.10 Å². The number of guanidine groups is 1. The quantitative estimate of drug-likeness (QED) is 0.491. The van der Waals surface area contributed by atoms with E-state index in [4.69, 9.17) is 15.2 Å². The highest BCUT2D eigenvalue weighted by Gasteiger charge is 2.17. The van der Waals surface area contributed by atoms with Gasteiger partial charge in [-0.3, -0.25) is 0 Å². The lowest BCUT2D eigenvalue weighted by Crippen LogP contribution is -2.39. The van der Waals surface area contributed by atoms with Crippen molar-refractivity contribution in [3.63, 3.8) is 0 Å². The Balaban J connectivity index is 1.50. The molecule has 24 heavy (non-hydrogen) atoms. The van der Waals surface area contributed by atoms with Crippen molar-refractivity contribution in [2.75, 3.05) is 13.2 Å². The van der Waals surface area contributed by atoms with Crippen LogP contribution in [0.3, 0.4) is 0 Å². The minimum Gasteiger partial charge on any atom is -0.472 e. The Bertz CT molecular complexity index is 536. The average Bonchev–Trinajstić information content (AvgIpc) is 2.96. The fourth-order valence-electron chi connectivity index (χ4n) is 3.24. The number of ether oxygens (including phenoxy) is 2. The highest BCUT2D eigenvalue weighted by molar-refractivity contribution is 5.78. The minimum atomic E-state index is 0.109. The van der Waals surface area contributed by atoms with E-state index in [9.17, 15) is 0 Å². The second-order valence-electron chi connectivity index (χ2n) is 6.64. The van der Waals surface area contributed by atoms with Crippen molar-refractivity contribution >= 4 is 5.96 Å². The van der Waals surface area contributed by atoms with Crippen molar-refractivity contribution in [1.29, 1.82) is 0 Å². The Hall–Kier alpha value is -1.82.